The van der Waals surface area contributed by atoms with Gasteiger partial charge in [-0.05, 0) is 41.8 Å². The van der Waals surface area contributed by atoms with E-state index >= 15 is 0 Å². The maximum absolute atomic E-state index is 12.4. The average Bonchev–Trinajstić information content (AvgIpc) is 2.65. The number of pyridine rings is 1. The molecule has 0 radical (unpaired) electrons. The topological polar surface area (TPSA) is 63.2 Å². The van der Waals surface area contributed by atoms with Gasteiger partial charge in [0.2, 0.25) is 0 Å². The fraction of sp³-hybridized carbons (Fsp3) is 0.182. The minimum absolute atomic E-state index is 0.0850. The van der Waals surface area contributed by atoms with Gasteiger partial charge in [-0.1, -0.05) is 50.6 Å². The summed E-state index contributed by atoms with van der Waals surface area (Å²) in [6.45, 7) is 6.37. The van der Waals surface area contributed by atoms with Crippen LogP contribution in [0.3, 0.4) is 0 Å². The highest BCUT2D eigenvalue weighted by Gasteiger charge is 2.19. The number of carbonyl (C=O) groups excluding carboxylic acids is 1. The molecular weight excluding hydrogens is 374 g/mol. The maximum Gasteiger partial charge on any atom is 0.323 e. The second kappa shape index (κ2) is 8.31. The molecule has 0 fully saturated rings. The zero-order valence-electron chi connectivity index (χ0n) is 16.0. The molecule has 1 aromatic heterocycles. The van der Waals surface area contributed by atoms with Gasteiger partial charge in [0.15, 0.2) is 5.75 Å². The van der Waals surface area contributed by atoms with Gasteiger partial charge in [-0.2, -0.15) is 0 Å². The Morgan fingerprint density at radius 3 is 2.39 bits per heavy atom. The molecule has 2 aromatic carbocycles. The van der Waals surface area contributed by atoms with Crippen molar-refractivity contribution in [3.63, 3.8) is 0 Å². The molecule has 0 saturated heterocycles. The summed E-state index contributed by atoms with van der Waals surface area (Å²) in [5, 5.41) is 6.17. The van der Waals surface area contributed by atoms with Gasteiger partial charge in [-0.25, -0.2) is 4.79 Å². The molecule has 0 aliphatic carbocycles. The van der Waals surface area contributed by atoms with Crippen molar-refractivity contribution in [3.05, 3.63) is 77.6 Å². The number of ether oxygens (including phenoxy) is 1. The van der Waals surface area contributed by atoms with E-state index in [4.69, 9.17) is 16.3 Å². The maximum atomic E-state index is 12.4. The molecule has 6 heteroatoms. The Balaban J connectivity index is 1.79. The lowest BCUT2D eigenvalue weighted by molar-refractivity contribution is 0.262. The van der Waals surface area contributed by atoms with Crippen LogP contribution in [-0.2, 0) is 5.41 Å². The summed E-state index contributed by atoms with van der Waals surface area (Å²) in [6, 6.07) is 16.0. The summed E-state index contributed by atoms with van der Waals surface area (Å²) >= 11 is 5.87. The highest BCUT2D eigenvalue weighted by atomic mass is 35.5. The van der Waals surface area contributed by atoms with E-state index < -0.39 is 0 Å². The molecule has 144 valence electrons. The number of halogens is 1. The second-order valence-corrected chi connectivity index (χ2v) is 7.74. The van der Waals surface area contributed by atoms with Crippen LogP contribution in [0.15, 0.2) is 67.0 Å². The Morgan fingerprint density at radius 2 is 1.68 bits per heavy atom. The van der Waals surface area contributed by atoms with Crippen LogP contribution in [0.25, 0.3) is 0 Å². The fourth-order valence-corrected chi connectivity index (χ4v) is 2.80. The first kappa shape index (κ1) is 19.7. The number of anilines is 2. The van der Waals surface area contributed by atoms with Crippen molar-refractivity contribution < 1.29 is 9.53 Å². The number of rotatable bonds is 4. The van der Waals surface area contributed by atoms with Gasteiger partial charge < -0.3 is 15.4 Å². The monoisotopic (exact) mass is 395 g/mol. The predicted molar refractivity (Wildman–Crippen MR) is 114 cm³/mol. The number of aromatic nitrogens is 1. The fourth-order valence-electron chi connectivity index (χ4n) is 2.68. The zero-order valence-corrected chi connectivity index (χ0v) is 16.7. The van der Waals surface area contributed by atoms with E-state index in [0.717, 1.165) is 11.3 Å². The predicted octanol–water partition coefficient (Wildman–Crippen LogP) is 6.47. The van der Waals surface area contributed by atoms with Gasteiger partial charge in [0, 0.05) is 22.5 Å². The SMILES string of the molecule is CC(C)(C)c1ccccc1Oc1cnccc1NC(=O)Nc1ccc(Cl)cc1. The van der Waals surface area contributed by atoms with Crippen molar-refractivity contribution in [1.29, 1.82) is 0 Å². The molecule has 2 N–H and O–H groups in total. The summed E-state index contributed by atoms with van der Waals surface area (Å²) in [4.78, 5) is 16.5. The highest BCUT2D eigenvalue weighted by Crippen LogP contribution is 2.36. The summed E-state index contributed by atoms with van der Waals surface area (Å²) < 4.78 is 6.11. The summed E-state index contributed by atoms with van der Waals surface area (Å²) in [5.41, 5.74) is 2.13. The molecule has 0 spiro atoms. The van der Waals surface area contributed by atoms with Crippen LogP contribution in [0, 0.1) is 0 Å². The van der Waals surface area contributed by atoms with Gasteiger partial charge in [-0.15, -0.1) is 0 Å². The summed E-state index contributed by atoms with van der Waals surface area (Å²) in [7, 11) is 0. The lowest BCUT2D eigenvalue weighted by atomic mass is 9.86. The molecule has 0 atom stereocenters. The third kappa shape index (κ3) is 5.02. The van der Waals surface area contributed by atoms with E-state index in [9.17, 15) is 4.79 Å². The first-order valence-corrected chi connectivity index (χ1v) is 9.26. The van der Waals surface area contributed by atoms with Crippen molar-refractivity contribution in [2.75, 3.05) is 10.6 Å². The molecule has 0 bridgehead atoms. The van der Waals surface area contributed by atoms with Crippen molar-refractivity contribution in [1.82, 2.24) is 4.98 Å². The Morgan fingerprint density at radius 1 is 0.964 bits per heavy atom. The number of carbonyl (C=O) groups is 1. The Labute approximate surface area is 169 Å². The van der Waals surface area contributed by atoms with Crippen molar-refractivity contribution in [2.24, 2.45) is 0 Å². The summed E-state index contributed by atoms with van der Waals surface area (Å²) in [5.74, 6) is 1.19. The molecule has 0 unspecified atom stereocenters. The quantitative estimate of drug-likeness (QED) is 0.532. The molecule has 0 aliphatic rings. The molecule has 3 rings (SSSR count). The molecule has 3 aromatic rings. The van der Waals surface area contributed by atoms with Crippen LogP contribution < -0.4 is 15.4 Å². The first-order valence-electron chi connectivity index (χ1n) is 8.88. The van der Waals surface area contributed by atoms with Crippen LogP contribution in [0.2, 0.25) is 5.02 Å². The van der Waals surface area contributed by atoms with Crippen LogP contribution in [-0.4, -0.2) is 11.0 Å². The largest absolute Gasteiger partial charge is 0.453 e. The minimum atomic E-state index is -0.387. The normalized spacial score (nSPS) is 11.0. The molecule has 28 heavy (non-hydrogen) atoms. The number of benzene rings is 2. The lowest BCUT2D eigenvalue weighted by Crippen LogP contribution is -2.20. The first-order chi connectivity index (χ1) is 13.3. The minimum Gasteiger partial charge on any atom is -0.453 e. The van der Waals surface area contributed by atoms with Crippen molar-refractivity contribution >= 4 is 29.0 Å². The standard InChI is InChI=1S/C22H22ClN3O2/c1-22(2,3)17-6-4-5-7-19(17)28-20-14-24-13-12-18(20)26-21(27)25-16-10-8-15(23)9-11-16/h4-14H,1-3H3,(H2,24,25,26,27). The third-order valence-corrected chi connectivity index (χ3v) is 4.30. The van der Waals surface area contributed by atoms with Gasteiger partial charge in [-0.3, -0.25) is 4.98 Å². The Bertz CT molecular complexity index is 966. The number of para-hydroxylation sites is 1. The lowest BCUT2D eigenvalue weighted by Gasteiger charge is -2.23. The molecule has 1 heterocycles. The van der Waals surface area contributed by atoms with Crippen LogP contribution in [0.5, 0.6) is 11.5 Å². The average molecular weight is 396 g/mol. The van der Waals surface area contributed by atoms with Gasteiger partial charge in [0.25, 0.3) is 0 Å². The van der Waals surface area contributed by atoms with E-state index in [2.05, 4.69) is 36.4 Å². The molecule has 0 aliphatic heterocycles. The Hall–Kier alpha value is -3.05. The number of urea groups is 1. The number of nitrogens with one attached hydrogen (secondary N) is 2. The van der Waals surface area contributed by atoms with Gasteiger partial charge in [0.05, 0.1) is 11.9 Å². The molecular formula is C22H22ClN3O2. The molecule has 5 nitrogen and oxygen atoms in total. The number of hydrogen-bond acceptors (Lipinski definition) is 3. The molecule has 0 saturated carbocycles. The zero-order chi connectivity index (χ0) is 20.1. The number of hydrogen-bond donors (Lipinski definition) is 2. The van der Waals surface area contributed by atoms with E-state index in [1.807, 2.05) is 24.3 Å². The van der Waals surface area contributed by atoms with Crippen LogP contribution in [0.1, 0.15) is 26.3 Å². The smallest absolute Gasteiger partial charge is 0.323 e. The van der Waals surface area contributed by atoms with E-state index in [0.29, 0.717) is 22.1 Å². The van der Waals surface area contributed by atoms with E-state index in [1.54, 1.807) is 42.7 Å². The highest BCUT2D eigenvalue weighted by molar-refractivity contribution is 6.30. The van der Waals surface area contributed by atoms with Gasteiger partial charge in [0.1, 0.15) is 5.75 Å². The summed E-state index contributed by atoms with van der Waals surface area (Å²) in [6.07, 6.45) is 3.18. The Kier molecular flexibility index (Phi) is 5.85. The second-order valence-electron chi connectivity index (χ2n) is 7.31. The number of amides is 2. The van der Waals surface area contributed by atoms with Crippen molar-refractivity contribution in [2.45, 2.75) is 26.2 Å². The van der Waals surface area contributed by atoms with Crippen molar-refractivity contribution in [3.8, 4) is 11.5 Å². The van der Waals surface area contributed by atoms with Gasteiger partial charge >= 0.3 is 6.03 Å². The van der Waals surface area contributed by atoms with Crippen LogP contribution in [0.4, 0.5) is 16.2 Å². The number of nitrogens with zero attached hydrogens (tertiary/aromatic N) is 1. The third-order valence-electron chi connectivity index (χ3n) is 4.05. The van der Waals surface area contributed by atoms with E-state index in [-0.39, 0.29) is 11.4 Å². The van der Waals surface area contributed by atoms with E-state index in [1.165, 1.54) is 0 Å². The molecule has 2 amide bonds. The van der Waals surface area contributed by atoms with Crippen LogP contribution >= 0.6 is 11.6 Å².